The van der Waals surface area contributed by atoms with E-state index in [1.165, 1.54) is 5.56 Å². The molecule has 6 nitrogen and oxygen atoms in total. The van der Waals surface area contributed by atoms with Gasteiger partial charge in [-0.2, -0.15) is 0 Å². The van der Waals surface area contributed by atoms with Crippen molar-refractivity contribution in [1.82, 2.24) is 4.98 Å². The highest BCUT2D eigenvalue weighted by molar-refractivity contribution is 6.07. The Morgan fingerprint density at radius 2 is 1.93 bits per heavy atom. The van der Waals surface area contributed by atoms with Gasteiger partial charge in [0.25, 0.3) is 5.91 Å². The lowest BCUT2D eigenvalue weighted by Crippen LogP contribution is -2.28. The molecule has 0 spiro atoms. The SMILES string of the molecule is O=C(c1ccc(Nc2ccc3c(c2)OCO3)nc1)N1CCc2ccccc21. The van der Waals surface area contributed by atoms with Gasteiger partial charge in [-0.25, -0.2) is 4.98 Å². The molecule has 5 rings (SSSR count). The predicted molar refractivity (Wildman–Crippen MR) is 102 cm³/mol. The zero-order valence-electron chi connectivity index (χ0n) is 14.5. The summed E-state index contributed by atoms with van der Waals surface area (Å²) in [4.78, 5) is 19.0. The first-order valence-electron chi connectivity index (χ1n) is 8.80. The monoisotopic (exact) mass is 359 g/mol. The van der Waals surface area contributed by atoms with Crippen LogP contribution in [-0.4, -0.2) is 24.2 Å². The summed E-state index contributed by atoms with van der Waals surface area (Å²) >= 11 is 0. The van der Waals surface area contributed by atoms with Crippen LogP contribution in [0.1, 0.15) is 15.9 Å². The van der Waals surface area contributed by atoms with E-state index in [0.29, 0.717) is 23.7 Å². The molecular weight excluding hydrogens is 342 g/mol. The number of carbonyl (C=O) groups excluding carboxylic acids is 1. The van der Waals surface area contributed by atoms with Crippen LogP contribution >= 0.6 is 0 Å². The number of hydrogen-bond acceptors (Lipinski definition) is 5. The van der Waals surface area contributed by atoms with Gasteiger partial charge in [0, 0.05) is 30.2 Å². The van der Waals surface area contributed by atoms with Crippen LogP contribution in [0.15, 0.2) is 60.8 Å². The largest absolute Gasteiger partial charge is 0.454 e. The minimum absolute atomic E-state index is 0.0259. The van der Waals surface area contributed by atoms with Crippen molar-refractivity contribution in [1.29, 1.82) is 0 Å². The van der Waals surface area contributed by atoms with Crippen LogP contribution in [0.25, 0.3) is 0 Å². The van der Waals surface area contributed by atoms with E-state index >= 15 is 0 Å². The molecule has 6 heteroatoms. The molecule has 0 radical (unpaired) electrons. The number of ether oxygens (including phenoxy) is 2. The summed E-state index contributed by atoms with van der Waals surface area (Å²) in [5, 5.41) is 3.21. The number of aromatic nitrogens is 1. The number of anilines is 3. The zero-order valence-corrected chi connectivity index (χ0v) is 14.5. The quantitative estimate of drug-likeness (QED) is 0.771. The molecule has 1 aromatic heterocycles. The molecule has 0 saturated heterocycles. The van der Waals surface area contributed by atoms with E-state index < -0.39 is 0 Å². The van der Waals surface area contributed by atoms with Crippen molar-refractivity contribution in [3.63, 3.8) is 0 Å². The first-order chi connectivity index (χ1) is 13.3. The van der Waals surface area contributed by atoms with Crippen molar-refractivity contribution in [2.75, 3.05) is 23.6 Å². The minimum atomic E-state index is -0.0259. The van der Waals surface area contributed by atoms with E-state index in [0.717, 1.165) is 23.5 Å². The summed E-state index contributed by atoms with van der Waals surface area (Å²) in [5.41, 5.74) is 3.62. The maximum absolute atomic E-state index is 12.8. The number of nitrogens with one attached hydrogen (secondary N) is 1. The van der Waals surface area contributed by atoms with Gasteiger partial charge >= 0.3 is 0 Å². The Labute approximate surface area is 156 Å². The number of amides is 1. The van der Waals surface area contributed by atoms with E-state index in [2.05, 4.69) is 16.4 Å². The second-order valence-corrected chi connectivity index (χ2v) is 6.46. The lowest BCUT2D eigenvalue weighted by atomic mass is 10.2. The standard InChI is InChI=1S/C21H17N3O3/c25-21(24-10-9-14-3-1-2-4-17(14)24)15-5-8-20(22-12-15)23-16-6-7-18-19(11-16)27-13-26-18/h1-8,11-12H,9-10,13H2,(H,22,23). The van der Waals surface area contributed by atoms with E-state index in [-0.39, 0.29) is 12.7 Å². The maximum atomic E-state index is 12.8. The molecule has 3 heterocycles. The zero-order chi connectivity index (χ0) is 18.2. The fraction of sp³-hybridized carbons (Fsp3) is 0.143. The molecular formula is C21H17N3O3. The van der Waals surface area contributed by atoms with Crippen LogP contribution in [0.4, 0.5) is 17.2 Å². The van der Waals surface area contributed by atoms with Gasteiger partial charge in [-0.1, -0.05) is 18.2 Å². The summed E-state index contributed by atoms with van der Waals surface area (Å²) < 4.78 is 10.7. The Morgan fingerprint density at radius 3 is 2.81 bits per heavy atom. The highest BCUT2D eigenvalue weighted by Gasteiger charge is 2.25. The number of fused-ring (bicyclic) bond motifs is 2. The predicted octanol–water partition coefficient (Wildman–Crippen LogP) is 3.76. The van der Waals surface area contributed by atoms with E-state index in [4.69, 9.17) is 9.47 Å². The summed E-state index contributed by atoms with van der Waals surface area (Å²) in [6.07, 6.45) is 2.50. The molecule has 0 unspecified atom stereocenters. The molecule has 27 heavy (non-hydrogen) atoms. The van der Waals surface area contributed by atoms with Gasteiger partial charge in [-0.15, -0.1) is 0 Å². The highest BCUT2D eigenvalue weighted by atomic mass is 16.7. The highest BCUT2D eigenvalue weighted by Crippen LogP contribution is 2.35. The molecule has 0 bridgehead atoms. The lowest BCUT2D eigenvalue weighted by molar-refractivity contribution is 0.0989. The molecule has 0 aliphatic carbocycles. The van der Waals surface area contributed by atoms with Gasteiger partial charge in [0.2, 0.25) is 6.79 Å². The third kappa shape index (κ3) is 2.85. The summed E-state index contributed by atoms with van der Waals surface area (Å²) in [7, 11) is 0. The maximum Gasteiger partial charge on any atom is 0.259 e. The van der Waals surface area contributed by atoms with E-state index in [1.807, 2.05) is 41.3 Å². The second-order valence-electron chi connectivity index (χ2n) is 6.46. The van der Waals surface area contributed by atoms with Gasteiger partial charge in [-0.3, -0.25) is 4.79 Å². The molecule has 0 atom stereocenters. The van der Waals surface area contributed by atoms with E-state index in [1.54, 1.807) is 18.3 Å². The first-order valence-corrected chi connectivity index (χ1v) is 8.80. The van der Waals surface area contributed by atoms with Crippen LogP contribution < -0.4 is 19.7 Å². The number of rotatable bonds is 3. The van der Waals surface area contributed by atoms with Gasteiger partial charge < -0.3 is 19.7 Å². The number of hydrogen-bond donors (Lipinski definition) is 1. The van der Waals surface area contributed by atoms with Crippen molar-refractivity contribution in [3.8, 4) is 11.5 Å². The molecule has 2 aliphatic heterocycles. The van der Waals surface area contributed by atoms with Crippen LogP contribution in [0.2, 0.25) is 0 Å². The summed E-state index contributed by atoms with van der Waals surface area (Å²) in [6, 6.07) is 17.2. The molecule has 134 valence electrons. The lowest BCUT2D eigenvalue weighted by Gasteiger charge is -2.17. The first kappa shape index (κ1) is 15.7. The fourth-order valence-electron chi connectivity index (χ4n) is 3.42. The summed E-state index contributed by atoms with van der Waals surface area (Å²) in [5.74, 6) is 2.08. The Kier molecular flexibility index (Phi) is 3.67. The Balaban J connectivity index is 1.32. The van der Waals surface area contributed by atoms with Crippen molar-refractivity contribution < 1.29 is 14.3 Å². The third-order valence-electron chi connectivity index (χ3n) is 4.79. The average molecular weight is 359 g/mol. The Hall–Kier alpha value is -3.54. The minimum Gasteiger partial charge on any atom is -0.454 e. The smallest absolute Gasteiger partial charge is 0.259 e. The molecule has 0 saturated carbocycles. The number of benzene rings is 2. The average Bonchev–Trinajstić information content (AvgIpc) is 3.34. The van der Waals surface area contributed by atoms with Crippen molar-refractivity contribution in [3.05, 3.63) is 71.9 Å². The van der Waals surface area contributed by atoms with Gasteiger partial charge in [0.05, 0.1) is 5.56 Å². The number of para-hydroxylation sites is 1. The third-order valence-corrected chi connectivity index (χ3v) is 4.79. The van der Waals surface area contributed by atoms with Crippen molar-refractivity contribution >= 4 is 23.1 Å². The van der Waals surface area contributed by atoms with Crippen LogP contribution in [0.3, 0.4) is 0 Å². The van der Waals surface area contributed by atoms with Crippen molar-refractivity contribution in [2.45, 2.75) is 6.42 Å². The molecule has 1 amide bonds. The van der Waals surface area contributed by atoms with Gasteiger partial charge in [0.1, 0.15) is 5.82 Å². The van der Waals surface area contributed by atoms with Crippen LogP contribution in [0, 0.1) is 0 Å². The molecule has 1 N–H and O–H groups in total. The number of nitrogens with zero attached hydrogens (tertiary/aromatic N) is 2. The summed E-state index contributed by atoms with van der Waals surface area (Å²) in [6.45, 7) is 0.947. The number of carbonyl (C=O) groups is 1. The fourth-order valence-corrected chi connectivity index (χ4v) is 3.42. The normalized spacial score (nSPS) is 14.1. The van der Waals surface area contributed by atoms with Crippen molar-refractivity contribution in [2.24, 2.45) is 0 Å². The van der Waals surface area contributed by atoms with Crippen LogP contribution in [-0.2, 0) is 6.42 Å². The Bertz CT molecular complexity index is 1020. The van der Waals surface area contributed by atoms with Gasteiger partial charge in [0.15, 0.2) is 11.5 Å². The molecule has 3 aromatic rings. The second kappa shape index (κ2) is 6.32. The molecule has 0 fully saturated rings. The Morgan fingerprint density at radius 1 is 1.04 bits per heavy atom. The van der Waals surface area contributed by atoms with Gasteiger partial charge in [-0.05, 0) is 42.3 Å². The molecule has 2 aromatic carbocycles. The molecule has 2 aliphatic rings. The van der Waals surface area contributed by atoms with E-state index in [9.17, 15) is 4.79 Å². The van der Waals surface area contributed by atoms with Crippen LogP contribution in [0.5, 0.6) is 11.5 Å². The topological polar surface area (TPSA) is 63.7 Å². The number of pyridine rings is 1.